The fourth-order valence-electron chi connectivity index (χ4n) is 1.65. The Labute approximate surface area is 102 Å². The van der Waals surface area contributed by atoms with Crippen LogP contribution in [-0.2, 0) is 9.59 Å². The molecule has 0 aromatic heterocycles. The van der Waals surface area contributed by atoms with Gasteiger partial charge < -0.3 is 15.1 Å². The van der Waals surface area contributed by atoms with Crippen LogP contribution in [0, 0.1) is 0 Å². The van der Waals surface area contributed by atoms with E-state index in [1.165, 1.54) is 4.90 Å². The molecule has 0 atom stereocenters. The number of carboxylic acids is 2. The molecule has 0 bridgehead atoms. The van der Waals surface area contributed by atoms with Crippen molar-refractivity contribution < 1.29 is 19.8 Å². The highest BCUT2D eigenvalue weighted by Crippen LogP contribution is 1.95. The van der Waals surface area contributed by atoms with Crippen molar-refractivity contribution in [3.05, 3.63) is 0 Å². The van der Waals surface area contributed by atoms with Gasteiger partial charge in [0.25, 0.3) is 0 Å². The van der Waals surface area contributed by atoms with Gasteiger partial charge in [-0.25, -0.2) is 0 Å². The van der Waals surface area contributed by atoms with Gasteiger partial charge in [-0.15, -0.1) is 0 Å². The van der Waals surface area contributed by atoms with Crippen molar-refractivity contribution in [2.24, 2.45) is 0 Å². The molecule has 0 aromatic carbocycles. The van der Waals surface area contributed by atoms with Gasteiger partial charge in [0.05, 0.1) is 13.1 Å². The maximum Gasteiger partial charge on any atom is 0.317 e. The molecule has 0 saturated heterocycles. The summed E-state index contributed by atoms with van der Waals surface area (Å²) in [4.78, 5) is 24.8. The molecule has 6 nitrogen and oxygen atoms in total. The number of aliphatic carboxylic acids is 2. The van der Waals surface area contributed by atoms with Crippen LogP contribution in [-0.4, -0.2) is 71.2 Å². The second-order valence-corrected chi connectivity index (χ2v) is 3.88. The van der Waals surface area contributed by atoms with Gasteiger partial charge in [-0.1, -0.05) is 13.8 Å². The summed E-state index contributed by atoms with van der Waals surface area (Å²) in [6, 6.07) is 0. The summed E-state index contributed by atoms with van der Waals surface area (Å²) in [7, 11) is 0. The lowest BCUT2D eigenvalue weighted by Gasteiger charge is -2.21. The second-order valence-electron chi connectivity index (χ2n) is 3.88. The molecule has 0 unspecified atom stereocenters. The van der Waals surface area contributed by atoms with E-state index in [1.807, 2.05) is 0 Å². The third-order valence-electron chi connectivity index (χ3n) is 2.56. The Bertz CT molecular complexity index is 226. The molecule has 6 heteroatoms. The molecular weight excluding hydrogens is 224 g/mol. The van der Waals surface area contributed by atoms with Crippen LogP contribution >= 0.6 is 0 Å². The standard InChI is InChI=1S/C11H22N2O4/c1-3-12(4-2)6-5-7-13(8-10(14)15)9-11(16)17/h3-9H2,1-2H3,(H,14,15)(H,16,17). The molecule has 0 spiro atoms. The quantitative estimate of drug-likeness (QED) is 0.572. The lowest BCUT2D eigenvalue weighted by Crippen LogP contribution is -2.36. The van der Waals surface area contributed by atoms with Crippen molar-refractivity contribution in [3.8, 4) is 0 Å². The third-order valence-corrected chi connectivity index (χ3v) is 2.56. The van der Waals surface area contributed by atoms with E-state index >= 15 is 0 Å². The maximum absolute atomic E-state index is 10.6. The Balaban J connectivity index is 3.98. The molecule has 0 heterocycles. The lowest BCUT2D eigenvalue weighted by molar-refractivity contribution is -0.141. The van der Waals surface area contributed by atoms with Crippen molar-refractivity contribution >= 4 is 11.9 Å². The zero-order valence-corrected chi connectivity index (χ0v) is 10.6. The van der Waals surface area contributed by atoms with Crippen LogP contribution in [0.5, 0.6) is 0 Å². The summed E-state index contributed by atoms with van der Waals surface area (Å²) in [5.41, 5.74) is 0. The first-order valence-corrected chi connectivity index (χ1v) is 5.87. The molecule has 0 aliphatic carbocycles. The molecule has 0 fully saturated rings. The molecule has 0 rings (SSSR count). The Morgan fingerprint density at radius 3 is 1.65 bits per heavy atom. The maximum atomic E-state index is 10.6. The number of hydrogen-bond acceptors (Lipinski definition) is 4. The van der Waals surface area contributed by atoms with Crippen LogP contribution in [0.4, 0.5) is 0 Å². The van der Waals surface area contributed by atoms with E-state index in [0.29, 0.717) is 6.54 Å². The van der Waals surface area contributed by atoms with Crippen molar-refractivity contribution in [2.45, 2.75) is 20.3 Å². The van der Waals surface area contributed by atoms with E-state index in [9.17, 15) is 9.59 Å². The summed E-state index contributed by atoms with van der Waals surface area (Å²) in [6.07, 6.45) is 0.780. The molecule has 100 valence electrons. The zero-order valence-electron chi connectivity index (χ0n) is 10.6. The molecule has 0 aromatic rings. The number of carboxylic acid groups (broad SMARTS) is 2. The largest absolute Gasteiger partial charge is 0.480 e. The molecule has 0 aliphatic rings. The monoisotopic (exact) mass is 246 g/mol. The number of rotatable bonds is 10. The lowest BCUT2D eigenvalue weighted by atomic mass is 10.3. The number of hydrogen-bond donors (Lipinski definition) is 2. The van der Waals surface area contributed by atoms with Gasteiger partial charge >= 0.3 is 11.9 Å². The SMILES string of the molecule is CCN(CC)CCCN(CC(=O)O)CC(=O)O. The molecule has 0 aliphatic heterocycles. The Morgan fingerprint density at radius 2 is 1.29 bits per heavy atom. The van der Waals surface area contributed by atoms with E-state index in [1.54, 1.807) is 0 Å². The third kappa shape index (κ3) is 8.65. The Morgan fingerprint density at radius 1 is 0.882 bits per heavy atom. The van der Waals surface area contributed by atoms with Crippen molar-refractivity contribution in [1.29, 1.82) is 0 Å². The van der Waals surface area contributed by atoms with Crippen LogP contribution in [0.15, 0.2) is 0 Å². The average molecular weight is 246 g/mol. The highest BCUT2D eigenvalue weighted by atomic mass is 16.4. The first-order chi connectivity index (χ1) is 7.99. The van der Waals surface area contributed by atoms with Crippen molar-refractivity contribution in [1.82, 2.24) is 9.80 Å². The predicted octanol–water partition coefficient (Wildman–Crippen LogP) is 0.190. The van der Waals surface area contributed by atoms with E-state index in [2.05, 4.69) is 18.7 Å². The first kappa shape index (κ1) is 15.9. The second kappa shape index (κ2) is 8.95. The smallest absolute Gasteiger partial charge is 0.317 e. The minimum Gasteiger partial charge on any atom is -0.480 e. The Hall–Kier alpha value is -1.14. The summed E-state index contributed by atoms with van der Waals surface area (Å²) in [5, 5.41) is 17.3. The molecular formula is C11H22N2O4. The van der Waals surface area contributed by atoms with Gasteiger partial charge in [0.1, 0.15) is 0 Å². The van der Waals surface area contributed by atoms with Crippen LogP contribution in [0.3, 0.4) is 0 Å². The minimum atomic E-state index is -0.992. The highest BCUT2D eigenvalue weighted by molar-refractivity contribution is 5.72. The summed E-state index contributed by atoms with van der Waals surface area (Å²) >= 11 is 0. The Kier molecular flexibility index (Phi) is 8.35. The average Bonchev–Trinajstić information content (AvgIpc) is 2.22. The number of carbonyl (C=O) groups is 2. The molecule has 0 amide bonds. The molecule has 2 N–H and O–H groups in total. The van der Waals surface area contributed by atoms with Crippen molar-refractivity contribution in [3.63, 3.8) is 0 Å². The minimum absolute atomic E-state index is 0.218. The van der Waals surface area contributed by atoms with Crippen molar-refractivity contribution in [2.75, 3.05) is 39.3 Å². The van der Waals surface area contributed by atoms with Crippen LogP contribution in [0.25, 0.3) is 0 Å². The zero-order chi connectivity index (χ0) is 13.3. The van der Waals surface area contributed by atoms with Crippen LogP contribution in [0.1, 0.15) is 20.3 Å². The van der Waals surface area contributed by atoms with Gasteiger partial charge in [-0.3, -0.25) is 14.5 Å². The van der Waals surface area contributed by atoms with Gasteiger partial charge in [-0.05, 0) is 26.1 Å². The highest BCUT2D eigenvalue weighted by Gasteiger charge is 2.13. The summed E-state index contributed by atoms with van der Waals surface area (Å²) < 4.78 is 0. The molecule has 17 heavy (non-hydrogen) atoms. The van der Waals surface area contributed by atoms with Gasteiger partial charge in [0, 0.05) is 6.54 Å². The summed E-state index contributed by atoms with van der Waals surface area (Å²) in [6.45, 7) is 6.96. The van der Waals surface area contributed by atoms with E-state index in [4.69, 9.17) is 10.2 Å². The van der Waals surface area contributed by atoms with Crippen LogP contribution in [0.2, 0.25) is 0 Å². The van der Waals surface area contributed by atoms with Gasteiger partial charge in [0.15, 0.2) is 0 Å². The normalized spacial score (nSPS) is 11.1. The van der Waals surface area contributed by atoms with E-state index in [0.717, 1.165) is 26.1 Å². The first-order valence-electron chi connectivity index (χ1n) is 5.87. The predicted molar refractivity (Wildman–Crippen MR) is 64.1 cm³/mol. The fourth-order valence-corrected chi connectivity index (χ4v) is 1.65. The van der Waals surface area contributed by atoms with E-state index in [-0.39, 0.29) is 13.1 Å². The topological polar surface area (TPSA) is 81.1 Å². The van der Waals surface area contributed by atoms with E-state index < -0.39 is 11.9 Å². The molecule has 0 radical (unpaired) electrons. The van der Waals surface area contributed by atoms with Gasteiger partial charge in [-0.2, -0.15) is 0 Å². The summed E-state index contributed by atoms with van der Waals surface area (Å²) in [5.74, 6) is -1.98. The van der Waals surface area contributed by atoms with Crippen LogP contribution < -0.4 is 0 Å². The fraction of sp³-hybridized carbons (Fsp3) is 0.818. The molecule has 0 saturated carbocycles. The number of nitrogens with zero attached hydrogens (tertiary/aromatic N) is 2. The van der Waals surface area contributed by atoms with Gasteiger partial charge in [0.2, 0.25) is 0 Å².